The van der Waals surface area contributed by atoms with E-state index in [-0.39, 0.29) is 29.5 Å². The first-order valence-corrected chi connectivity index (χ1v) is 11.5. The van der Waals surface area contributed by atoms with Gasteiger partial charge in [-0.3, -0.25) is 4.79 Å². The molecule has 7 nitrogen and oxygen atoms in total. The molecule has 1 saturated heterocycles. The Morgan fingerprint density at radius 1 is 1.19 bits per heavy atom. The largest absolute Gasteiger partial charge is 0.504 e. The Kier molecular flexibility index (Phi) is 7.34. The third-order valence-electron chi connectivity index (χ3n) is 7.82. The molecule has 31 heavy (non-hydrogen) atoms. The minimum atomic E-state index is -0.925. The van der Waals surface area contributed by atoms with Gasteiger partial charge in [-0.2, -0.15) is 0 Å². The lowest BCUT2D eigenvalue weighted by molar-refractivity contribution is -0.126. The molecule has 7 heteroatoms. The van der Waals surface area contributed by atoms with Gasteiger partial charge >= 0.3 is 6.09 Å². The van der Waals surface area contributed by atoms with Gasteiger partial charge in [-0.05, 0) is 61.1 Å². The molecule has 2 aliphatic rings. The summed E-state index contributed by atoms with van der Waals surface area (Å²) < 4.78 is 5.13. The van der Waals surface area contributed by atoms with Crippen LogP contribution in [0.1, 0.15) is 64.4 Å². The topological polar surface area (TPSA) is 99.1 Å². The number of carbonyl (C=O) groups excluding carboxylic acids is 1. The predicted molar refractivity (Wildman–Crippen MR) is 118 cm³/mol. The van der Waals surface area contributed by atoms with E-state index in [0.717, 1.165) is 44.1 Å². The molecule has 0 bridgehead atoms. The lowest BCUT2D eigenvalue weighted by Gasteiger charge is -2.43. The van der Waals surface area contributed by atoms with Crippen LogP contribution in [0.3, 0.4) is 0 Å². The first kappa shape index (κ1) is 23.2. The number of likely N-dealkylation sites (tertiary alicyclic amines) is 1. The summed E-state index contributed by atoms with van der Waals surface area (Å²) >= 11 is 0. The molecular weight excluding hydrogens is 396 g/mol. The molecule has 0 radical (unpaired) electrons. The molecule has 172 valence electrons. The average Bonchev–Trinajstić information content (AvgIpc) is 3.24. The van der Waals surface area contributed by atoms with Gasteiger partial charge < -0.3 is 25.2 Å². The van der Waals surface area contributed by atoms with Gasteiger partial charge in [0.05, 0.1) is 13.0 Å². The number of ether oxygens (including phenoxy) is 1. The number of nitrogens with one attached hydrogen (secondary N) is 1. The lowest BCUT2D eigenvalue weighted by Crippen LogP contribution is -2.48. The van der Waals surface area contributed by atoms with E-state index in [9.17, 15) is 19.8 Å². The number of hydrogen-bond donors (Lipinski definition) is 3. The Bertz CT molecular complexity index is 782. The maximum absolute atomic E-state index is 13.1. The van der Waals surface area contributed by atoms with Crippen molar-refractivity contribution in [2.24, 2.45) is 17.3 Å². The van der Waals surface area contributed by atoms with Crippen LogP contribution in [-0.4, -0.2) is 46.8 Å². The van der Waals surface area contributed by atoms with Gasteiger partial charge in [-0.1, -0.05) is 32.8 Å². The number of benzene rings is 1. The van der Waals surface area contributed by atoms with Crippen molar-refractivity contribution in [3.63, 3.8) is 0 Å². The number of carbonyl (C=O) groups is 2. The zero-order valence-electron chi connectivity index (χ0n) is 18.9. The minimum absolute atomic E-state index is 0.0538. The van der Waals surface area contributed by atoms with Crippen molar-refractivity contribution >= 4 is 12.0 Å². The molecule has 2 unspecified atom stereocenters. The monoisotopic (exact) mass is 432 g/mol. The summed E-state index contributed by atoms with van der Waals surface area (Å²) in [5, 5.41) is 22.5. The molecule has 2 atom stereocenters. The molecule has 0 spiro atoms. The maximum atomic E-state index is 13.1. The molecule has 3 N–H and O–H groups in total. The smallest absolute Gasteiger partial charge is 0.407 e. The third-order valence-corrected chi connectivity index (χ3v) is 7.82. The molecule has 0 aromatic heterocycles. The zero-order valence-corrected chi connectivity index (χ0v) is 18.9. The number of phenols is 1. The van der Waals surface area contributed by atoms with Crippen LogP contribution in [0.5, 0.6) is 11.5 Å². The van der Waals surface area contributed by atoms with E-state index >= 15 is 0 Å². The van der Waals surface area contributed by atoms with E-state index in [1.165, 1.54) is 12.0 Å². The third kappa shape index (κ3) is 4.91. The predicted octanol–water partition coefficient (Wildman–Crippen LogP) is 4.38. The van der Waals surface area contributed by atoms with E-state index < -0.39 is 6.09 Å². The summed E-state index contributed by atoms with van der Waals surface area (Å²) in [6.07, 6.45) is 6.13. The van der Waals surface area contributed by atoms with Crippen LogP contribution in [0, 0.1) is 17.3 Å². The van der Waals surface area contributed by atoms with Crippen LogP contribution in [0.15, 0.2) is 18.2 Å². The number of phenolic OH excluding ortho intramolecular Hbond substituents is 1. The van der Waals surface area contributed by atoms with E-state index in [0.29, 0.717) is 30.7 Å². The van der Waals surface area contributed by atoms with Crippen molar-refractivity contribution in [3.05, 3.63) is 23.8 Å². The van der Waals surface area contributed by atoms with Gasteiger partial charge in [-0.15, -0.1) is 0 Å². The summed E-state index contributed by atoms with van der Waals surface area (Å²) in [4.78, 5) is 26.5. The average molecular weight is 433 g/mol. The summed E-state index contributed by atoms with van der Waals surface area (Å²) in [7, 11) is 1.48. The van der Waals surface area contributed by atoms with Crippen molar-refractivity contribution in [2.75, 3.05) is 13.7 Å². The molecule has 1 heterocycles. The number of hydrogen-bond acceptors (Lipinski definition) is 4. The summed E-state index contributed by atoms with van der Waals surface area (Å²) in [5.74, 6) is 0.229. The summed E-state index contributed by atoms with van der Waals surface area (Å²) in [6, 6.07) is 4.73. The zero-order chi connectivity index (χ0) is 22.6. The van der Waals surface area contributed by atoms with Crippen LogP contribution in [0.4, 0.5) is 4.79 Å². The molecule has 1 saturated carbocycles. The van der Waals surface area contributed by atoms with Crippen molar-refractivity contribution < 1.29 is 24.5 Å². The van der Waals surface area contributed by atoms with Crippen LogP contribution < -0.4 is 10.1 Å². The molecule has 2 amide bonds. The number of nitrogens with zero attached hydrogens (tertiary/aromatic N) is 1. The van der Waals surface area contributed by atoms with Gasteiger partial charge in [0, 0.05) is 19.1 Å². The first-order valence-electron chi connectivity index (χ1n) is 11.5. The maximum Gasteiger partial charge on any atom is 0.407 e. The number of aromatic hydroxyl groups is 1. The second kappa shape index (κ2) is 9.79. The van der Waals surface area contributed by atoms with Gasteiger partial charge in [0.15, 0.2) is 11.5 Å². The van der Waals surface area contributed by atoms with E-state index in [1.54, 1.807) is 18.2 Å². The van der Waals surface area contributed by atoms with Crippen LogP contribution in [0.25, 0.3) is 0 Å². The van der Waals surface area contributed by atoms with Gasteiger partial charge in [0.1, 0.15) is 0 Å². The Morgan fingerprint density at radius 2 is 1.87 bits per heavy atom. The number of amides is 2. The van der Waals surface area contributed by atoms with Crippen molar-refractivity contribution in [1.29, 1.82) is 0 Å². The second-order valence-corrected chi connectivity index (χ2v) is 9.13. The number of carboxylic acid groups (broad SMARTS) is 1. The normalized spacial score (nSPS) is 23.5. The van der Waals surface area contributed by atoms with Crippen LogP contribution in [0.2, 0.25) is 0 Å². The van der Waals surface area contributed by atoms with Crippen molar-refractivity contribution in [3.8, 4) is 11.5 Å². The lowest BCUT2D eigenvalue weighted by atomic mass is 9.65. The number of methoxy groups -OCH3 is 1. The Hall–Kier alpha value is -2.44. The quantitative estimate of drug-likeness (QED) is 0.594. The highest BCUT2D eigenvalue weighted by Crippen LogP contribution is 2.47. The van der Waals surface area contributed by atoms with Crippen LogP contribution in [-0.2, 0) is 11.3 Å². The van der Waals surface area contributed by atoms with Crippen molar-refractivity contribution in [1.82, 2.24) is 10.2 Å². The summed E-state index contributed by atoms with van der Waals surface area (Å²) in [6.45, 7) is 5.22. The van der Waals surface area contributed by atoms with E-state index in [4.69, 9.17) is 4.74 Å². The molecule has 3 rings (SSSR count). The van der Waals surface area contributed by atoms with Gasteiger partial charge in [0.2, 0.25) is 5.91 Å². The highest BCUT2D eigenvalue weighted by Gasteiger charge is 2.47. The van der Waals surface area contributed by atoms with Crippen LogP contribution >= 0.6 is 0 Å². The Balaban J connectivity index is 1.69. The molecule has 2 fully saturated rings. The van der Waals surface area contributed by atoms with Gasteiger partial charge in [0.25, 0.3) is 0 Å². The number of rotatable bonds is 7. The first-order chi connectivity index (χ1) is 14.8. The SMILES string of the molecule is CCC1(CC)CCC(C2C(C(=O)NCc3ccc(O)c(OC)c3)CCN2C(=O)O)CC1. The Labute approximate surface area is 184 Å². The summed E-state index contributed by atoms with van der Waals surface area (Å²) in [5.41, 5.74) is 1.19. The highest BCUT2D eigenvalue weighted by molar-refractivity contribution is 5.81. The van der Waals surface area contributed by atoms with E-state index in [2.05, 4.69) is 19.2 Å². The molecule has 1 aromatic carbocycles. The van der Waals surface area contributed by atoms with Gasteiger partial charge in [-0.25, -0.2) is 4.79 Å². The molecular formula is C24H36N2O5. The fraction of sp³-hybridized carbons (Fsp3) is 0.667. The standard InChI is InChI=1S/C24H36N2O5/c1-4-24(5-2)11-8-17(9-12-24)21-18(10-13-26(21)23(29)30)22(28)25-15-16-6-7-19(27)20(14-16)31-3/h6-7,14,17-18,21,27H,4-5,8-13,15H2,1-3H3,(H,25,28)(H,29,30). The second-order valence-electron chi connectivity index (χ2n) is 9.13. The molecule has 1 aliphatic carbocycles. The fourth-order valence-corrected chi connectivity index (χ4v) is 5.61. The van der Waals surface area contributed by atoms with Crippen molar-refractivity contribution in [2.45, 2.75) is 71.4 Å². The minimum Gasteiger partial charge on any atom is -0.504 e. The Morgan fingerprint density at radius 3 is 2.45 bits per heavy atom. The highest BCUT2D eigenvalue weighted by atomic mass is 16.5. The molecule has 1 aromatic rings. The fourth-order valence-electron chi connectivity index (χ4n) is 5.61. The molecule has 1 aliphatic heterocycles. The van der Waals surface area contributed by atoms with E-state index in [1.807, 2.05) is 0 Å².